The standard InChI is InChI=1S/C24H31N3O2/c1-16-7-6-12-27(14-16)15-19-9-4-3-8-18(19)13-25-24(29)23-17(2)22-20(26-23)10-5-11-21(22)28/h3-4,8-9,16,26H,5-7,10-15H2,1-2H3,(H,25,29)/t16-/m1/s1. The minimum atomic E-state index is -0.133. The number of H-pyrrole nitrogens is 1. The number of rotatable bonds is 5. The normalized spacial score (nSPS) is 19.8. The number of amides is 1. The number of Topliss-reactive ketones (excluding diaryl/α,β-unsaturated/α-hetero) is 1. The molecule has 1 saturated heterocycles. The van der Waals surface area contributed by atoms with Crippen molar-refractivity contribution in [3.8, 4) is 0 Å². The summed E-state index contributed by atoms with van der Waals surface area (Å²) in [6.45, 7) is 7.91. The molecule has 2 N–H and O–H groups in total. The molecule has 1 aliphatic carbocycles. The van der Waals surface area contributed by atoms with E-state index in [4.69, 9.17) is 0 Å². The highest BCUT2D eigenvalue weighted by Gasteiger charge is 2.26. The van der Waals surface area contributed by atoms with E-state index in [1.54, 1.807) is 0 Å². The van der Waals surface area contributed by atoms with E-state index in [1.807, 2.05) is 13.0 Å². The number of benzene rings is 1. The van der Waals surface area contributed by atoms with Crippen LogP contribution in [0.4, 0.5) is 0 Å². The molecule has 154 valence electrons. The summed E-state index contributed by atoms with van der Waals surface area (Å²) in [5, 5.41) is 3.07. The van der Waals surface area contributed by atoms with Gasteiger partial charge in [0.25, 0.3) is 5.91 Å². The number of likely N-dealkylation sites (tertiary alicyclic amines) is 1. The number of hydrogen-bond donors (Lipinski definition) is 2. The van der Waals surface area contributed by atoms with Crippen LogP contribution in [0, 0.1) is 12.8 Å². The van der Waals surface area contributed by atoms with E-state index < -0.39 is 0 Å². The summed E-state index contributed by atoms with van der Waals surface area (Å²) in [7, 11) is 0. The first-order chi connectivity index (χ1) is 14.0. The molecule has 1 aromatic heterocycles. The van der Waals surface area contributed by atoms with Gasteiger partial charge in [0.15, 0.2) is 5.78 Å². The van der Waals surface area contributed by atoms with Gasteiger partial charge in [0, 0.05) is 37.3 Å². The van der Waals surface area contributed by atoms with Crippen LogP contribution in [-0.4, -0.2) is 34.7 Å². The molecule has 2 aromatic rings. The molecule has 0 spiro atoms. The second kappa shape index (κ2) is 8.54. The van der Waals surface area contributed by atoms with E-state index in [9.17, 15) is 9.59 Å². The molecular weight excluding hydrogens is 362 g/mol. The number of aromatic amines is 1. The number of aromatic nitrogens is 1. The maximum atomic E-state index is 12.8. The molecule has 5 heteroatoms. The molecule has 2 heterocycles. The zero-order valence-corrected chi connectivity index (χ0v) is 17.5. The van der Waals surface area contributed by atoms with Crippen molar-refractivity contribution in [3.63, 3.8) is 0 Å². The Morgan fingerprint density at radius 3 is 2.76 bits per heavy atom. The second-order valence-corrected chi connectivity index (χ2v) is 8.69. The lowest BCUT2D eigenvalue weighted by molar-refractivity contribution is 0.0944. The molecular formula is C24H31N3O2. The molecule has 2 aliphatic rings. The third-order valence-electron chi connectivity index (χ3n) is 6.36. The molecule has 4 rings (SSSR count). The fraction of sp³-hybridized carbons (Fsp3) is 0.500. The van der Waals surface area contributed by atoms with Gasteiger partial charge in [0.05, 0.1) is 0 Å². The van der Waals surface area contributed by atoms with Crippen LogP contribution in [0.25, 0.3) is 0 Å². The Bertz CT molecular complexity index is 915. The van der Waals surface area contributed by atoms with Crippen LogP contribution in [0.5, 0.6) is 0 Å². The van der Waals surface area contributed by atoms with Crippen molar-refractivity contribution in [2.24, 2.45) is 5.92 Å². The van der Waals surface area contributed by atoms with E-state index in [0.29, 0.717) is 18.7 Å². The summed E-state index contributed by atoms with van der Waals surface area (Å²) in [5.41, 5.74) is 5.42. The molecule has 0 unspecified atom stereocenters. The quantitative estimate of drug-likeness (QED) is 0.807. The van der Waals surface area contributed by atoms with Gasteiger partial charge in [-0.25, -0.2) is 0 Å². The predicted molar refractivity (Wildman–Crippen MR) is 114 cm³/mol. The fourth-order valence-corrected chi connectivity index (χ4v) is 4.82. The summed E-state index contributed by atoms with van der Waals surface area (Å²) in [6.07, 6.45) is 4.85. The number of aryl methyl sites for hydroxylation is 1. The van der Waals surface area contributed by atoms with E-state index in [0.717, 1.165) is 60.8 Å². The van der Waals surface area contributed by atoms with Gasteiger partial charge < -0.3 is 10.3 Å². The number of piperidine rings is 1. The van der Waals surface area contributed by atoms with E-state index >= 15 is 0 Å². The molecule has 29 heavy (non-hydrogen) atoms. The largest absolute Gasteiger partial charge is 0.354 e. The highest BCUT2D eigenvalue weighted by molar-refractivity contribution is 6.04. The summed E-state index contributed by atoms with van der Waals surface area (Å²) < 4.78 is 0. The number of nitrogens with zero attached hydrogens (tertiary/aromatic N) is 1. The third kappa shape index (κ3) is 4.30. The van der Waals surface area contributed by atoms with E-state index in [-0.39, 0.29) is 11.7 Å². The monoisotopic (exact) mass is 393 g/mol. The summed E-state index contributed by atoms with van der Waals surface area (Å²) >= 11 is 0. The smallest absolute Gasteiger partial charge is 0.268 e. The molecule has 1 amide bonds. The number of ketones is 1. The number of carbonyl (C=O) groups excluding carboxylic acids is 2. The van der Waals surface area contributed by atoms with Crippen molar-refractivity contribution in [2.45, 2.75) is 59.0 Å². The van der Waals surface area contributed by atoms with Crippen LogP contribution in [0.3, 0.4) is 0 Å². The molecule has 1 aliphatic heterocycles. The third-order valence-corrected chi connectivity index (χ3v) is 6.36. The van der Waals surface area contributed by atoms with Gasteiger partial charge >= 0.3 is 0 Å². The van der Waals surface area contributed by atoms with Gasteiger partial charge in [-0.3, -0.25) is 14.5 Å². The lowest BCUT2D eigenvalue weighted by Crippen LogP contribution is -2.34. The number of hydrogen-bond acceptors (Lipinski definition) is 3. The lowest BCUT2D eigenvalue weighted by atomic mass is 9.94. The van der Waals surface area contributed by atoms with E-state index in [2.05, 4.69) is 40.3 Å². The van der Waals surface area contributed by atoms with Gasteiger partial charge in [0.1, 0.15) is 5.69 Å². The lowest BCUT2D eigenvalue weighted by Gasteiger charge is -2.31. The van der Waals surface area contributed by atoms with Gasteiger partial charge in [-0.1, -0.05) is 31.2 Å². The fourth-order valence-electron chi connectivity index (χ4n) is 4.82. The highest BCUT2D eigenvalue weighted by atomic mass is 16.2. The number of fused-ring (bicyclic) bond motifs is 1. The van der Waals surface area contributed by atoms with Crippen molar-refractivity contribution in [1.29, 1.82) is 0 Å². The number of nitrogens with one attached hydrogen (secondary N) is 2. The zero-order valence-electron chi connectivity index (χ0n) is 17.5. The van der Waals surface area contributed by atoms with Crippen molar-refractivity contribution in [3.05, 3.63) is 57.9 Å². The second-order valence-electron chi connectivity index (χ2n) is 8.69. The maximum absolute atomic E-state index is 12.8. The molecule has 0 bridgehead atoms. The minimum absolute atomic E-state index is 0.133. The first-order valence-electron chi connectivity index (χ1n) is 10.8. The average Bonchev–Trinajstić information content (AvgIpc) is 3.05. The summed E-state index contributed by atoms with van der Waals surface area (Å²) in [4.78, 5) is 30.8. The van der Waals surface area contributed by atoms with Gasteiger partial charge in [-0.15, -0.1) is 0 Å². The zero-order chi connectivity index (χ0) is 20.4. The molecule has 1 fully saturated rings. The highest BCUT2D eigenvalue weighted by Crippen LogP contribution is 2.26. The molecule has 1 aromatic carbocycles. The van der Waals surface area contributed by atoms with Crippen LogP contribution in [0.2, 0.25) is 0 Å². The Morgan fingerprint density at radius 1 is 1.21 bits per heavy atom. The van der Waals surface area contributed by atoms with Crippen LogP contribution in [-0.2, 0) is 19.5 Å². The van der Waals surface area contributed by atoms with Crippen LogP contribution < -0.4 is 5.32 Å². The summed E-state index contributed by atoms with van der Waals surface area (Å²) in [5.74, 6) is 0.770. The van der Waals surface area contributed by atoms with Gasteiger partial charge in [0.2, 0.25) is 0 Å². The van der Waals surface area contributed by atoms with Gasteiger partial charge in [-0.2, -0.15) is 0 Å². The Balaban J connectivity index is 1.44. The predicted octanol–water partition coefficient (Wildman–Crippen LogP) is 4.00. The van der Waals surface area contributed by atoms with Crippen molar-refractivity contribution in [2.75, 3.05) is 13.1 Å². The SMILES string of the molecule is Cc1c(C(=O)NCc2ccccc2CN2CCC[C@@H](C)C2)[nH]c2c1C(=O)CCC2. The Kier molecular flexibility index (Phi) is 5.86. The molecule has 5 nitrogen and oxygen atoms in total. The minimum Gasteiger partial charge on any atom is -0.354 e. The Hall–Kier alpha value is -2.40. The van der Waals surface area contributed by atoms with Crippen LogP contribution in [0.1, 0.15) is 75.8 Å². The van der Waals surface area contributed by atoms with E-state index in [1.165, 1.54) is 18.4 Å². The maximum Gasteiger partial charge on any atom is 0.268 e. The first kappa shape index (κ1) is 19.9. The topological polar surface area (TPSA) is 65.2 Å². The number of carbonyl (C=O) groups is 2. The average molecular weight is 394 g/mol. The summed E-state index contributed by atoms with van der Waals surface area (Å²) in [6, 6.07) is 8.36. The molecule has 0 saturated carbocycles. The molecule has 1 atom stereocenters. The Labute approximate surface area is 172 Å². The Morgan fingerprint density at radius 2 is 2.00 bits per heavy atom. The van der Waals surface area contributed by atoms with Crippen molar-refractivity contribution < 1.29 is 9.59 Å². The van der Waals surface area contributed by atoms with Gasteiger partial charge in [-0.05, 0) is 61.8 Å². The first-order valence-corrected chi connectivity index (χ1v) is 10.8. The van der Waals surface area contributed by atoms with Crippen molar-refractivity contribution in [1.82, 2.24) is 15.2 Å². The molecule has 0 radical (unpaired) electrons. The van der Waals surface area contributed by atoms with Crippen LogP contribution in [0.15, 0.2) is 24.3 Å². The van der Waals surface area contributed by atoms with Crippen molar-refractivity contribution >= 4 is 11.7 Å². The van der Waals surface area contributed by atoms with Crippen LogP contribution >= 0.6 is 0 Å².